The first-order valence-corrected chi connectivity index (χ1v) is 7.69. The Morgan fingerprint density at radius 3 is 2.48 bits per heavy atom. The van der Waals surface area contributed by atoms with Crippen LogP contribution in [0.3, 0.4) is 0 Å². The molecule has 0 bridgehead atoms. The van der Waals surface area contributed by atoms with Gasteiger partial charge in [-0.2, -0.15) is 0 Å². The van der Waals surface area contributed by atoms with Crippen LogP contribution in [-0.4, -0.2) is 23.2 Å². The number of carbonyl (C=O) groups excluding carboxylic acids is 1. The quantitative estimate of drug-likeness (QED) is 0.796. The Morgan fingerprint density at radius 2 is 1.90 bits per heavy atom. The molecule has 0 fully saturated rings. The van der Waals surface area contributed by atoms with Crippen molar-refractivity contribution >= 4 is 17.3 Å². The summed E-state index contributed by atoms with van der Waals surface area (Å²) in [5, 5.41) is 2.51. The number of carbonyl (C=O) groups is 1. The Labute approximate surface area is 128 Å². The Morgan fingerprint density at radius 1 is 1.24 bits per heavy atom. The fourth-order valence-corrected chi connectivity index (χ4v) is 2.49. The van der Waals surface area contributed by atoms with Gasteiger partial charge in [0, 0.05) is 10.9 Å². The molecule has 0 spiro atoms. The zero-order valence-corrected chi connectivity index (χ0v) is 13.5. The lowest BCUT2D eigenvalue weighted by molar-refractivity contribution is 0.00638. The molecule has 0 saturated carbocycles. The van der Waals surface area contributed by atoms with Gasteiger partial charge in [-0.25, -0.2) is 9.78 Å². The summed E-state index contributed by atoms with van der Waals surface area (Å²) in [6.07, 6.45) is 0. The Balaban J connectivity index is 2.14. The minimum absolute atomic E-state index is 0.346. The second-order valence-electron chi connectivity index (χ2n) is 5.50. The van der Waals surface area contributed by atoms with Crippen molar-refractivity contribution in [2.45, 2.75) is 33.3 Å². The summed E-state index contributed by atoms with van der Waals surface area (Å²) in [4.78, 5) is 16.3. The Bertz CT molecular complexity index is 611. The molecule has 0 N–H and O–H groups in total. The highest BCUT2D eigenvalue weighted by Crippen LogP contribution is 2.26. The van der Waals surface area contributed by atoms with E-state index >= 15 is 0 Å². The van der Waals surface area contributed by atoms with Crippen molar-refractivity contribution in [2.75, 3.05) is 6.61 Å². The zero-order valence-electron chi connectivity index (χ0n) is 12.7. The molecule has 0 unspecified atom stereocenters. The molecular formula is C16H19NO3S. The van der Waals surface area contributed by atoms with Crippen LogP contribution in [0.4, 0.5) is 0 Å². The zero-order chi connectivity index (χ0) is 15.5. The highest BCUT2D eigenvalue weighted by molar-refractivity contribution is 7.13. The lowest BCUT2D eigenvalue weighted by atomic mass is 10.2. The van der Waals surface area contributed by atoms with E-state index in [0.29, 0.717) is 12.3 Å². The van der Waals surface area contributed by atoms with Crippen molar-refractivity contribution in [3.63, 3.8) is 0 Å². The van der Waals surface area contributed by atoms with Gasteiger partial charge in [-0.15, -0.1) is 11.3 Å². The van der Waals surface area contributed by atoms with Gasteiger partial charge in [-0.1, -0.05) is 0 Å². The predicted molar refractivity (Wildman–Crippen MR) is 83.9 cm³/mol. The van der Waals surface area contributed by atoms with Crippen molar-refractivity contribution in [2.24, 2.45) is 0 Å². The topological polar surface area (TPSA) is 48.4 Å². The van der Waals surface area contributed by atoms with Crippen LogP contribution in [0.25, 0.3) is 10.6 Å². The largest absolute Gasteiger partial charge is 0.494 e. The van der Waals surface area contributed by atoms with E-state index in [0.717, 1.165) is 16.3 Å². The number of hydrogen-bond donors (Lipinski definition) is 0. The van der Waals surface area contributed by atoms with Crippen LogP contribution >= 0.6 is 11.3 Å². The molecule has 0 saturated heterocycles. The Hall–Kier alpha value is -1.88. The summed E-state index contributed by atoms with van der Waals surface area (Å²) in [7, 11) is 0. The normalized spacial score (nSPS) is 11.2. The third-order valence-corrected chi connectivity index (χ3v) is 3.42. The van der Waals surface area contributed by atoms with E-state index < -0.39 is 11.6 Å². The fourth-order valence-electron chi connectivity index (χ4n) is 1.69. The van der Waals surface area contributed by atoms with Gasteiger partial charge >= 0.3 is 5.97 Å². The van der Waals surface area contributed by atoms with E-state index in [4.69, 9.17) is 9.47 Å². The van der Waals surface area contributed by atoms with Gasteiger partial charge in [0.2, 0.25) is 0 Å². The molecule has 1 aromatic heterocycles. The third-order valence-electron chi connectivity index (χ3n) is 2.52. The molecule has 112 valence electrons. The van der Waals surface area contributed by atoms with Gasteiger partial charge in [-0.3, -0.25) is 0 Å². The molecule has 0 aliphatic heterocycles. The summed E-state index contributed by atoms with van der Waals surface area (Å²) in [6.45, 7) is 8.10. The fraction of sp³-hybridized carbons (Fsp3) is 0.375. The van der Waals surface area contributed by atoms with Crippen molar-refractivity contribution < 1.29 is 14.3 Å². The second-order valence-corrected chi connectivity index (χ2v) is 6.36. The number of aromatic nitrogens is 1. The maximum atomic E-state index is 11.9. The summed E-state index contributed by atoms with van der Waals surface area (Å²) >= 11 is 1.42. The first-order chi connectivity index (χ1) is 9.89. The average molecular weight is 305 g/mol. The van der Waals surface area contributed by atoms with Gasteiger partial charge in [-0.05, 0) is 52.0 Å². The van der Waals surface area contributed by atoms with Crippen LogP contribution in [-0.2, 0) is 4.74 Å². The van der Waals surface area contributed by atoms with E-state index in [1.165, 1.54) is 11.3 Å². The summed E-state index contributed by atoms with van der Waals surface area (Å²) in [5.41, 5.74) is 0.789. The van der Waals surface area contributed by atoms with Crippen LogP contribution in [0.1, 0.15) is 38.2 Å². The third kappa shape index (κ3) is 4.29. The minimum Gasteiger partial charge on any atom is -0.494 e. The molecule has 1 aromatic carbocycles. The smallest absolute Gasteiger partial charge is 0.358 e. The number of ether oxygens (including phenoxy) is 2. The molecular weight excluding hydrogens is 286 g/mol. The number of esters is 1. The average Bonchev–Trinajstić information content (AvgIpc) is 2.88. The summed E-state index contributed by atoms with van der Waals surface area (Å²) in [6, 6.07) is 7.66. The highest BCUT2D eigenvalue weighted by Gasteiger charge is 2.20. The first-order valence-electron chi connectivity index (χ1n) is 6.81. The molecule has 5 heteroatoms. The van der Waals surface area contributed by atoms with Crippen molar-refractivity contribution in [1.82, 2.24) is 4.98 Å². The molecule has 1 heterocycles. The summed E-state index contributed by atoms with van der Waals surface area (Å²) < 4.78 is 10.7. The van der Waals surface area contributed by atoms with E-state index in [2.05, 4.69) is 4.98 Å². The predicted octanol–water partition coefficient (Wildman–Crippen LogP) is 4.16. The lowest BCUT2D eigenvalue weighted by Crippen LogP contribution is -2.24. The summed E-state index contributed by atoms with van der Waals surface area (Å²) in [5.74, 6) is 0.432. The number of rotatable bonds is 4. The molecule has 2 aromatic rings. The molecule has 0 aliphatic rings. The van der Waals surface area contributed by atoms with Gasteiger partial charge in [0.05, 0.1) is 6.61 Å². The van der Waals surface area contributed by atoms with Crippen LogP contribution in [0.2, 0.25) is 0 Å². The maximum absolute atomic E-state index is 11.9. The molecule has 2 rings (SSSR count). The van der Waals surface area contributed by atoms with Crippen molar-refractivity contribution in [1.29, 1.82) is 0 Å². The molecule has 0 aliphatic carbocycles. The van der Waals surface area contributed by atoms with Crippen molar-refractivity contribution in [3.05, 3.63) is 35.3 Å². The van der Waals surface area contributed by atoms with E-state index in [1.807, 2.05) is 52.0 Å². The lowest BCUT2D eigenvalue weighted by Gasteiger charge is -2.18. The van der Waals surface area contributed by atoms with E-state index in [9.17, 15) is 4.79 Å². The van der Waals surface area contributed by atoms with Crippen LogP contribution in [0.5, 0.6) is 5.75 Å². The van der Waals surface area contributed by atoms with Crippen molar-refractivity contribution in [3.8, 4) is 16.3 Å². The van der Waals surface area contributed by atoms with Crippen LogP contribution < -0.4 is 4.74 Å². The maximum Gasteiger partial charge on any atom is 0.358 e. The van der Waals surface area contributed by atoms with Gasteiger partial charge in [0.1, 0.15) is 16.4 Å². The number of benzene rings is 1. The van der Waals surface area contributed by atoms with Gasteiger partial charge in [0.25, 0.3) is 0 Å². The number of thiazole rings is 1. The van der Waals surface area contributed by atoms with Gasteiger partial charge in [0.15, 0.2) is 5.69 Å². The minimum atomic E-state index is -0.514. The van der Waals surface area contributed by atoms with Gasteiger partial charge < -0.3 is 9.47 Å². The first kappa shape index (κ1) is 15.5. The molecule has 0 radical (unpaired) electrons. The molecule has 0 atom stereocenters. The SMILES string of the molecule is CCOc1ccc(-c2nc(C(=O)OC(C)(C)C)cs2)cc1. The standard InChI is InChI=1S/C16H19NO3S/c1-5-19-12-8-6-11(7-9-12)14-17-13(10-21-14)15(18)20-16(2,3)4/h6-10H,5H2,1-4H3. The van der Waals surface area contributed by atoms with Crippen LogP contribution in [0, 0.1) is 0 Å². The molecule has 4 nitrogen and oxygen atoms in total. The Kier molecular flexibility index (Phi) is 4.63. The second kappa shape index (κ2) is 6.26. The number of hydrogen-bond acceptors (Lipinski definition) is 5. The highest BCUT2D eigenvalue weighted by atomic mass is 32.1. The van der Waals surface area contributed by atoms with E-state index in [1.54, 1.807) is 5.38 Å². The number of nitrogens with zero attached hydrogens (tertiary/aromatic N) is 1. The molecule has 0 amide bonds. The van der Waals surface area contributed by atoms with E-state index in [-0.39, 0.29) is 0 Å². The monoisotopic (exact) mass is 305 g/mol. The van der Waals surface area contributed by atoms with Crippen LogP contribution in [0.15, 0.2) is 29.6 Å². The molecule has 21 heavy (non-hydrogen) atoms.